The summed E-state index contributed by atoms with van der Waals surface area (Å²) in [5.41, 5.74) is 1.30. The van der Waals surface area contributed by atoms with Crippen LogP contribution in [0.5, 0.6) is 0 Å². The normalized spacial score (nSPS) is 11.2. The molecule has 0 heterocycles. The molecule has 0 radical (unpaired) electrons. The molecule has 0 spiro atoms. The maximum atomic E-state index is 12.3. The Morgan fingerprint density at radius 2 is 1.77 bits per heavy atom. The molecule has 0 saturated heterocycles. The minimum atomic E-state index is -0.950. The van der Waals surface area contributed by atoms with E-state index in [0.717, 1.165) is 0 Å². The maximum absolute atomic E-state index is 12.3. The number of esters is 2. The summed E-state index contributed by atoms with van der Waals surface area (Å²) < 4.78 is 9.68. The average molecular weight is 356 g/mol. The van der Waals surface area contributed by atoms with E-state index in [4.69, 9.17) is 9.47 Å². The molecule has 0 saturated carbocycles. The van der Waals surface area contributed by atoms with E-state index in [1.165, 1.54) is 13.2 Å². The predicted molar refractivity (Wildman–Crippen MR) is 95.8 cm³/mol. The number of carbonyl (C=O) groups is 3. The highest BCUT2D eigenvalue weighted by atomic mass is 16.5. The van der Waals surface area contributed by atoms with E-state index in [1.54, 1.807) is 55.5 Å². The van der Waals surface area contributed by atoms with Crippen molar-refractivity contribution in [3.05, 3.63) is 65.7 Å². The quantitative estimate of drug-likeness (QED) is 0.776. The van der Waals surface area contributed by atoms with Crippen molar-refractivity contribution in [3.63, 3.8) is 0 Å². The Bertz CT molecular complexity index is 777. The highest BCUT2D eigenvalue weighted by Gasteiger charge is 2.23. The van der Waals surface area contributed by atoms with Crippen LogP contribution in [0.15, 0.2) is 54.6 Å². The van der Waals surface area contributed by atoms with Gasteiger partial charge in [-0.25, -0.2) is 14.4 Å². The number of hydrogen-bond donors (Lipinski definition) is 2. The van der Waals surface area contributed by atoms with Crippen molar-refractivity contribution in [3.8, 4) is 0 Å². The van der Waals surface area contributed by atoms with Crippen LogP contribution in [0, 0.1) is 0 Å². The number of nitrogens with one attached hydrogen (secondary N) is 2. The smallest absolute Gasteiger partial charge is 0.338 e. The summed E-state index contributed by atoms with van der Waals surface area (Å²) in [5, 5.41) is 5.16. The van der Waals surface area contributed by atoms with E-state index in [9.17, 15) is 14.4 Å². The van der Waals surface area contributed by atoms with E-state index in [0.29, 0.717) is 16.8 Å². The molecular weight excluding hydrogens is 336 g/mol. The molecule has 0 fully saturated rings. The van der Waals surface area contributed by atoms with Crippen molar-refractivity contribution in [1.82, 2.24) is 5.32 Å². The topological polar surface area (TPSA) is 93.7 Å². The van der Waals surface area contributed by atoms with Crippen LogP contribution in [0.25, 0.3) is 0 Å². The lowest BCUT2D eigenvalue weighted by Crippen LogP contribution is -2.37. The monoisotopic (exact) mass is 356 g/mol. The van der Waals surface area contributed by atoms with Gasteiger partial charge in [-0.15, -0.1) is 0 Å². The highest BCUT2D eigenvalue weighted by molar-refractivity contribution is 5.95. The van der Waals surface area contributed by atoms with Crippen LogP contribution < -0.4 is 10.6 Å². The third-order valence-corrected chi connectivity index (χ3v) is 3.48. The Hall–Kier alpha value is -3.35. The Balaban J connectivity index is 2.10. The summed E-state index contributed by atoms with van der Waals surface area (Å²) in [5.74, 6) is -1.07. The lowest BCUT2D eigenvalue weighted by Gasteiger charge is -2.17. The minimum absolute atomic E-state index is 0.259. The molecule has 26 heavy (non-hydrogen) atoms. The second kappa shape index (κ2) is 9.22. The van der Waals surface area contributed by atoms with Crippen molar-refractivity contribution in [2.24, 2.45) is 0 Å². The molecule has 0 aliphatic carbocycles. The van der Waals surface area contributed by atoms with Crippen molar-refractivity contribution in [2.45, 2.75) is 13.0 Å². The highest BCUT2D eigenvalue weighted by Crippen LogP contribution is 2.16. The molecule has 2 rings (SSSR count). The van der Waals surface area contributed by atoms with Gasteiger partial charge in [0.05, 0.1) is 19.3 Å². The number of amides is 2. The van der Waals surface area contributed by atoms with Gasteiger partial charge in [0.15, 0.2) is 6.04 Å². The van der Waals surface area contributed by atoms with Crippen molar-refractivity contribution < 1.29 is 23.9 Å². The van der Waals surface area contributed by atoms with Crippen molar-refractivity contribution in [2.75, 3.05) is 19.0 Å². The van der Waals surface area contributed by atoms with Crippen LogP contribution in [0.2, 0.25) is 0 Å². The average Bonchev–Trinajstić information content (AvgIpc) is 2.66. The van der Waals surface area contributed by atoms with Crippen LogP contribution in [0.3, 0.4) is 0 Å². The van der Waals surface area contributed by atoms with Gasteiger partial charge in [-0.05, 0) is 30.7 Å². The van der Waals surface area contributed by atoms with Crippen LogP contribution in [-0.2, 0) is 14.3 Å². The molecule has 2 amide bonds. The zero-order chi connectivity index (χ0) is 18.9. The Labute approximate surface area is 151 Å². The van der Waals surface area contributed by atoms with Gasteiger partial charge in [-0.3, -0.25) is 0 Å². The molecule has 0 aliphatic heterocycles. The summed E-state index contributed by atoms with van der Waals surface area (Å²) in [6, 6.07) is 13.5. The van der Waals surface area contributed by atoms with Crippen LogP contribution in [-0.4, -0.2) is 31.7 Å². The molecule has 136 valence electrons. The molecule has 0 bridgehead atoms. The number of rotatable bonds is 6. The fraction of sp³-hybridized carbons (Fsp3) is 0.211. The lowest BCUT2D eigenvalue weighted by atomic mass is 10.1. The fourth-order valence-electron chi connectivity index (χ4n) is 2.28. The largest absolute Gasteiger partial charge is 0.467 e. The number of anilines is 1. The first-order chi connectivity index (χ1) is 12.5. The minimum Gasteiger partial charge on any atom is -0.467 e. The number of urea groups is 1. The van der Waals surface area contributed by atoms with Gasteiger partial charge < -0.3 is 20.1 Å². The van der Waals surface area contributed by atoms with Gasteiger partial charge in [0.1, 0.15) is 0 Å². The molecule has 0 aliphatic rings. The fourth-order valence-corrected chi connectivity index (χ4v) is 2.28. The molecule has 7 nitrogen and oxygen atoms in total. The Morgan fingerprint density at radius 3 is 2.42 bits per heavy atom. The zero-order valence-electron chi connectivity index (χ0n) is 14.5. The summed E-state index contributed by atoms with van der Waals surface area (Å²) in [6.45, 7) is 1.97. The van der Waals surface area contributed by atoms with Gasteiger partial charge in [0.25, 0.3) is 0 Å². The van der Waals surface area contributed by atoms with E-state index < -0.39 is 24.0 Å². The molecular formula is C19H20N2O5. The maximum Gasteiger partial charge on any atom is 0.338 e. The molecule has 1 atom stereocenters. The van der Waals surface area contributed by atoms with Crippen LogP contribution >= 0.6 is 0 Å². The van der Waals surface area contributed by atoms with Gasteiger partial charge in [-0.2, -0.15) is 0 Å². The zero-order valence-corrected chi connectivity index (χ0v) is 14.5. The number of benzene rings is 2. The van der Waals surface area contributed by atoms with Crippen molar-refractivity contribution >= 4 is 23.7 Å². The van der Waals surface area contributed by atoms with Gasteiger partial charge in [-0.1, -0.05) is 36.4 Å². The third kappa shape index (κ3) is 5.07. The second-order valence-corrected chi connectivity index (χ2v) is 5.27. The third-order valence-electron chi connectivity index (χ3n) is 3.48. The summed E-state index contributed by atoms with van der Waals surface area (Å²) >= 11 is 0. The molecule has 2 aromatic carbocycles. The van der Waals surface area contributed by atoms with Gasteiger partial charge in [0.2, 0.25) is 0 Å². The molecule has 0 aromatic heterocycles. The van der Waals surface area contributed by atoms with E-state index in [2.05, 4.69) is 10.6 Å². The number of carbonyl (C=O) groups excluding carboxylic acids is 3. The number of methoxy groups -OCH3 is 1. The molecule has 2 N–H and O–H groups in total. The van der Waals surface area contributed by atoms with Crippen LogP contribution in [0.4, 0.5) is 10.5 Å². The second-order valence-electron chi connectivity index (χ2n) is 5.27. The van der Waals surface area contributed by atoms with E-state index in [-0.39, 0.29) is 6.61 Å². The summed E-state index contributed by atoms with van der Waals surface area (Å²) in [7, 11) is 1.25. The van der Waals surface area contributed by atoms with Gasteiger partial charge in [0, 0.05) is 5.69 Å². The first kappa shape index (κ1) is 19.0. The SMILES string of the molecule is CCOC(=O)c1cccc(NC(=O)NC(C(=O)OC)c2ccccc2)c1. The first-order valence-electron chi connectivity index (χ1n) is 8.02. The Morgan fingerprint density at radius 1 is 1.04 bits per heavy atom. The molecule has 1 unspecified atom stereocenters. The van der Waals surface area contributed by atoms with E-state index in [1.807, 2.05) is 0 Å². The standard InChI is InChI=1S/C19H20N2O5/c1-3-26-17(22)14-10-7-11-15(12-14)20-19(24)21-16(18(23)25-2)13-8-5-4-6-9-13/h4-12,16H,3H2,1-2H3,(H2,20,21,24). The van der Waals surface area contributed by atoms with E-state index >= 15 is 0 Å². The van der Waals surface area contributed by atoms with Gasteiger partial charge >= 0.3 is 18.0 Å². The first-order valence-corrected chi connectivity index (χ1v) is 8.02. The number of ether oxygens (including phenoxy) is 2. The lowest BCUT2D eigenvalue weighted by molar-refractivity contribution is -0.143. The summed E-state index contributed by atoms with van der Waals surface area (Å²) in [4.78, 5) is 36.0. The van der Waals surface area contributed by atoms with Crippen LogP contribution in [0.1, 0.15) is 28.9 Å². The molecule has 7 heteroatoms. The predicted octanol–water partition coefficient (Wildman–Crippen LogP) is 2.90. The summed E-state index contributed by atoms with van der Waals surface area (Å²) in [6.07, 6.45) is 0. The van der Waals surface area contributed by atoms with Crippen molar-refractivity contribution in [1.29, 1.82) is 0 Å². The number of hydrogen-bond acceptors (Lipinski definition) is 5. The molecule has 2 aromatic rings. The Kier molecular flexibility index (Phi) is 6.73.